The lowest BCUT2D eigenvalue weighted by atomic mass is 9.97. The van der Waals surface area contributed by atoms with Gasteiger partial charge >= 0.3 is 5.97 Å². The van der Waals surface area contributed by atoms with Crippen LogP contribution in [0.4, 0.5) is 5.69 Å². The van der Waals surface area contributed by atoms with E-state index in [2.05, 4.69) is 10.3 Å². The molecule has 7 nitrogen and oxygen atoms in total. The van der Waals surface area contributed by atoms with Crippen LogP contribution in [-0.4, -0.2) is 34.4 Å². The fraction of sp³-hybridized carbons (Fsp3) is 0.269. The van der Waals surface area contributed by atoms with Gasteiger partial charge in [0.2, 0.25) is 6.79 Å². The van der Waals surface area contributed by atoms with Crippen molar-refractivity contribution in [1.29, 1.82) is 0 Å². The van der Waals surface area contributed by atoms with E-state index in [1.165, 1.54) is 23.3 Å². The molecule has 6 rings (SSSR count). The second-order valence-electron chi connectivity index (χ2n) is 8.55. The maximum absolute atomic E-state index is 11.9. The van der Waals surface area contributed by atoms with E-state index in [0.29, 0.717) is 17.9 Å². The number of aromatic nitrogens is 2. The zero-order valence-electron chi connectivity index (χ0n) is 18.5. The van der Waals surface area contributed by atoms with Gasteiger partial charge in [-0.25, -0.2) is 14.8 Å². The van der Waals surface area contributed by atoms with Crippen molar-refractivity contribution >= 4 is 33.2 Å². The molecule has 0 amide bonds. The van der Waals surface area contributed by atoms with Crippen molar-refractivity contribution in [2.75, 3.05) is 18.7 Å². The van der Waals surface area contributed by atoms with Gasteiger partial charge in [0.15, 0.2) is 17.3 Å². The third kappa shape index (κ3) is 3.84. The predicted octanol–water partition coefficient (Wildman–Crippen LogP) is 5.32. The summed E-state index contributed by atoms with van der Waals surface area (Å²) in [5, 5.41) is 14.3. The highest BCUT2D eigenvalue weighted by atomic mass is 32.1. The van der Waals surface area contributed by atoms with Crippen LogP contribution in [0.2, 0.25) is 0 Å². The minimum atomic E-state index is -0.990. The van der Waals surface area contributed by atoms with Crippen LogP contribution in [0.3, 0.4) is 0 Å². The molecule has 0 spiro atoms. The molecule has 0 radical (unpaired) electrons. The number of aromatic carboxylic acids is 1. The second kappa shape index (κ2) is 8.61. The minimum absolute atomic E-state index is 0.196. The van der Waals surface area contributed by atoms with E-state index in [0.717, 1.165) is 52.2 Å². The average Bonchev–Trinajstić information content (AvgIpc) is 3.47. The summed E-state index contributed by atoms with van der Waals surface area (Å²) in [7, 11) is 0. The number of carbonyl (C=O) groups is 1. The number of hydrogen-bond acceptors (Lipinski definition) is 7. The van der Waals surface area contributed by atoms with Gasteiger partial charge in [0.05, 0.1) is 5.56 Å². The monoisotopic (exact) mass is 473 g/mol. The molecular formula is C26H23N3O4S. The van der Waals surface area contributed by atoms with Crippen LogP contribution in [0.1, 0.15) is 39.2 Å². The quantitative estimate of drug-likeness (QED) is 0.391. The molecule has 0 saturated carbocycles. The number of nitrogens with one attached hydrogen (secondary N) is 1. The first kappa shape index (κ1) is 20.9. The zero-order valence-corrected chi connectivity index (χ0v) is 19.3. The van der Waals surface area contributed by atoms with Crippen molar-refractivity contribution in [2.24, 2.45) is 0 Å². The first-order chi connectivity index (χ1) is 16.7. The van der Waals surface area contributed by atoms with Crippen LogP contribution < -0.4 is 14.8 Å². The molecule has 3 heterocycles. The van der Waals surface area contributed by atoms with Gasteiger partial charge < -0.3 is 19.9 Å². The van der Waals surface area contributed by atoms with Gasteiger partial charge in [-0.3, -0.25) is 0 Å². The maximum atomic E-state index is 11.9. The number of carboxylic acids is 1. The number of aryl methyl sites for hydroxylation is 2. The van der Waals surface area contributed by atoms with Crippen LogP contribution in [0, 0.1) is 0 Å². The fourth-order valence-electron chi connectivity index (χ4n) is 4.65. The number of ether oxygens (including phenoxy) is 2. The molecule has 0 unspecified atom stereocenters. The molecule has 0 saturated heterocycles. The predicted molar refractivity (Wildman–Crippen MR) is 131 cm³/mol. The van der Waals surface area contributed by atoms with Gasteiger partial charge in [-0.2, -0.15) is 0 Å². The number of anilines is 1. The Balaban J connectivity index is 1.25. The van der Waals surface area contributed by atoms with E-state index in [1.54, 1.807) is 23.5 Å². The van der Waals surface area contributed by atoms with E-state index >= 15 is 0 Å². The third-order valence-corrected chi connectivity index (χ3v) is 7.59. The molecule has 2 aromatic heterocycles. The number of nitrogens with zero attached hydrogens (tertiary/aromatic N) is 2. The third-order valence-electron chi connectivity index (χ3n) is 6.39. The number of benzene rings is 2. The Hall–Kier alpha value is -3.65. The van der Waals surface area contributed by atoms with Crippen LogP contribution in [0.15, 0.2) is 42.6 Å². The van der Waals surface area contributed by atoms with E-state index in [-0.39, 0.29) is 12.4 Å². The second-order valence-corrected chi connectivity index (χ2v) is 9.64. The van der Waals surface area contributed by atoms with Crippen LogP contribution >= 0.6 is 11.3 Å². The van der Waals surface area contributed by atoms with Gasteiger partial charge in [-0.1, -0.05) is 6.07 Å². The highest BCUT2D eigenvalue weighted by Crippen LogP contribution is 2.36. The number of rotatable bonds is 6. The zero-order chi connectivity index (χ0) is 23.1. The van der Waals surface area contributed by atoms with Gasteiger partial charge in [0.25, 0.3) is 0 Å². The van der Waals surface area contributed by atoms with Crippen LogP contribution in [0.5, 0.6) is 11.5 Å². The molecule has 8 heteroatoms. The lowest BCUT2D eigenvalue weighted by molar-refractivity contribution is 0.0697. The fourth-order valence-corrected chi connectivity index (χ4v) is 5.88. The number of carboxylic acid groups (broad SMARTS) is 1. The summed E-state index contributed by atoms with van der Waals surface area (Å²) in [5.41, 5.74) is 4.05. The molecule has 34 heavy (non-hydrogen) atoms. The van der Waals surface area contributed by atoms with Gasteiger partial charge in [-0.15, -0.1) is 11.3 Å². The van der Waals surface area contributed by atoms with Crippen molar-refractivity contribution in [3.63, 3.8) is 0 Å². The summed E-state index contributed by atoms with van der Waals surface area (Å²) in [6, 6.07) is 11.2. The first-order valence-corrected chi connectivity index (χ1v) is 12.2. The lowest BCUT2D eigenvalue weighted by Crippen LogP contribution is -2.07. The van der Waals surface area contributed by atoms with Crippen LogP contribution in [0.25, 0.3) is 21.6 Å². The smallest absolute Gasteiger partial charge is 0.336 e. The van der Waals surface area contributed by atoms with E-state index in [1.807, 2.05) is 30.5 Å². The number of hydrogen-bond donors (Lipinski definition) is 2. The normalized spacial score (nSPS) is 14.2. The molecule has 172 valence electrons. The largest absolute Gasteiger partial charge is 0.478 e. The maximum Gasteiger partial charge on any atom is 0.336 e. The molecule has 0 atom stereocenters. The Kier molecular flexibility index (Phi) is 5.30. The molecule has 1 aliphatic heterocycles. The Morgan fingerprint density at radius 3 is 2.88 bits per heavy atom. The Morgan fingerprint density at radius 2 is 1.97 bits per heavy atom. The molecule has 2 N–H and O–H groups in total. The molecule has 4 aromatic rings. The van der Waals surface area contributed by atoms with E-state index < -0.39 is 5.97 Å². The Morgan fingerprint density at radius 1 is 1.09 bits per heavy atom. The van der Waals surface area contributed by atoms with E-state index in [4.69, 9.17) is 14.5 Å². The average molecular weight is 474 g/mol. The summed E-state index contributed by atoms with van der Waals surface area (Å²) < 4.78 is 10.8. The van der Waals surface area contributed by atoms with Crippen molar-refractivity contribution < 1.29 is 19.4 Å². The van der Waals surface area contributed by atoms with Crippen molar-refractivity contribution in [1.82, 2.24) is 9.97 Å². The number of fused-ring (bicyclic) bond motifs is 4. The SMILES string of the molecule is O=C(O)c1ccc(NCCc2ccc3c(c2)OCO3)cc1-c1ncc2c3c(sc2n1)CCCC3. The Labute approximate surface area is 200 Å². The number of thiophene rings is 1. The van der Waals surface area contributed by atoms with E-state index in [9.17, 15) is 9.90 Å². The molecule has 2 aromatic carbocycles. The molecule has 1 aliphatic carbocycles. The summed E-state index contributed by atoms with van der Waals surface area (Å²) in [6.07, 6.45) is 7.22. The van der Waals surface area contributed by atoms with Crippen molar-refractivity contribution in [2.45, 2.75) is 32.1 Å². The summed E-state index contributed by atoms with van der Waals surface area (Å²) in [6.45, 7) is 0.945. The highest BCUT2D eigenvalue weighted by molar-refractivity contribution is 7.18. The van der Waals surface area contributed by atoms with Gasteiger partial charge in [0, 0.05) is 34.3 Å². The highest BCUT2D eigenvalue weighted by Gasteiger charge is 2.20. The topological polar surface area (TPSA) is 93.6 Å². The molecule has 0 bridgehead atoms. The molecule has 0 fully saturated rings. The summed E-state index contributed by atoms with van der Waals surface area (Å²) in [5.74, 6) is 1.00. The standard InChI is InChI=1S/C26H23N3O4S/c30-26(31)18-7-6-16(27-10-9-15-5-8-21-22(11-15)33-14-32-21)12-19(18)24-28-13-20-17-3-1-2-4-23(17)34-25(20)29-24/h5-8,11-13,27H,1-4,9-10,14H2,(H,30,31). The molecule has 2 aliphatic rings. The minimum Gasteiger partial charge on any atom is -0.478 e. The summed E-state index contributed by atoms with van der Waals surface area (Å²) in [4.78, 5) is 23.6. The molecular weight excluding hydrogens is 450 g/mol. The Bertz CT molecular complexity index is 1410. The van der Waals surface area contributed by atoms with Crippen molar-refractivity contribution in [3.8, 4) is 22.9 Å². The summed E-state index contributed by atoms with van der Waals surface area (Å²) >= 11 is 1.71. The van der Waals surface area contributed by atoms with Crippen LogP contribution in [-0.2, 0) is 19.3 Å². The lowest BCUT2D eigenvalue weighted by Gasteiger charge is -2.11. The van der Waals surface area contributed by atoms with Gasteiger partial charge in [-0.05, 0) is 73.6 Å². The van der Waals surface area contributed by atoms with Crippen molar-refractivity contribution in [3.05, 3.63) is 64.2 Å². The first-order valence-electron chi connectivity index (χ1n) is 11.4. The van der Waals surface area contributed by atoms with Gasteiger partial charge in [0.1, 0.15) is 4.83 Å².